The van der Waals surface area contributed by atoms with E-state index in [0.29, 0.717) is 0 Å². The molecular formula is C4H7NO5S. The molecule has 1 amide bonds. The topological polar surface area (TPSA) is 89.5 Å². The van der Waals surface area contributed by atoms with Gasteiger partial charge in [0.15, 0.2) is 0 Å². The SMILES string of the molecule is COC(=O)C(=O)NS(C)(=O)=O. The minimum absolute atomic E-state index is 0.758. The Hall–Kier alpha value is -1.11. The Kier molecular flexibility index (Phi) is 2.99. The second-order valence-electron chi connectivity index (χ2n) is 1.69. The molecule has 0 aliphatic heterocycles. The van der Waals surface area contributed by atoms with Crippen LogP contribution >= 0.6 is 0 Å². The Morgan fingerprint density at radius 3 is 2.09 bits per heavy atom. The van der Waals surface area contributed by atoms with Crippen molar-refractivity contribution in [3.63, 3.8) is 0 Å². The first-order chi connectivity index (χ1) is 4.87. The summed E-state index contributed by atoms with van der Waals surface area (Å²) in [6, 6.07) is 0. The fourth-order valence-electron chi connectivity index (χ4n) is 0.303. The van der Waals surface area contributed by atoms with Crippen LogP contribution in [0.1, 0.15) is 0 Å². The number of ether oxygens (including phenoxy) is 1. The molecule has 0 atom stereocenters. The summed E-state index contributed by atoms with van der Waals surface area (Å²) in [5.74, 6) is -2.54. The standard InChI is InChI=1S/C4H7NO5S/c1-10-4(7)3(6)5-11(2,8)9/h1-2H3,(H,5,6). The summed E-state index contributed by atoms with van der Waals surface area (Å²) in [5, 5.41) is 0. The van der Waals surface area contributed by atoms with E-state index < -0.39 is 21.9 Å². The molecule has 0 aromatic carbocycles. The first kappa shape index (κ1) is 9.89. The van der Waals surface area contributed by atoms with Crippen molar-refractivity contribution in [3.8, 4) is 0 Å². The van der Waals surface area contributed by atoms with Crippen molar-refractivity contribution in [1.82, 2.24) is 4.72 Å². The van der Waals surface area contributed by atoms with Gasteiger partial charge >= 0.3 is 11.9 Å². The lowest BCUT2D eigenvalue weighted by atomic mass is 10.7. The maximum atomic E-state index is 10.4. The Morgan fingerprint density at radius 2 is 1.82 bits per heavy atom. The van der Waals surface area contributed by atoms with E-state index in [4.69, 9.17) is 0 Å². The van der Waals surface area contributed by atoms with Gasteiger partial charge in [0.2, 0.25) is 10.0 Å². The van der Waals surface area contributed by atoms with Gasteiger partial charge in [-0.3, -0.25) is 4.79 Å². The first-order valence-corrected chi connectivity index (χ1v) is 4.36. The van der Waals surface area contributed by atoms with Crippen LogP contribution in [0, 0.1) is 0 Å². The lowest BCUT2D eigenvalue weighted by molar-refractivity contribution is -0.151. The summed E-state index contributed by atoms with van der Waals surface area (Å²) >= 11 is 0. The van der Waals surface area contributed by atoms with Crippen LogP contribution in [0.15, 0.2) is 0 Å². The number of nitrogens with one attached hydrogen (secondary N) is 1. The average molecular weight is 181 g/mol. The second kappa shape index (κ2) is 3.33. The van der Waals surface area contributed by atoms with Gasteiger partial charge in [-0.15, -0.1) is 0 Å². The van der Waals surface area contributed by atoms with Crippen molar-refractivity contribution in [3.05, 3.63) is 0 Å². The highest BCUT2D eigenvalue weighted by Crippen LogP contribution is 1.78. The highest BCUT2D eigenvalue weighted by molar-refractivity contribution is 7.89. The van der Waals surface area contributed by atoms with E-state index in [9.17, 15) is 18.0 Å². The average Bonchev–Trinajstić information content (AvgIpc) is 1.82. The molecule has 0 saturated heterocycles. The maximum Gasteiger partial charge on any atom is 0.397 e. The zero-order valence-electron chi connectivity index (χ0n) is 5.95. The number of hydrogen-bond donors (Lipinski definition) is 1. The third kappa shape index (κ3) is 4.31. The molecule has 7 heteroatoms. The molecule has 0 aliphatic carbocycles. The summed E-state index contributed by atoms with van der Waals surface area (Å²) in [6.45, 7) is 0. The van der Waals surface area contributed by atoms with E-state index in [1.165, 1.54) is 4.72 Å². The van der Waals surface area contributed by atoms with Gasteiger partial charge in [0.1, 0.15) is 0 Å². The van der Waals surface area contributed by atoms with E-state index >= 15 is 0 Å². The molecule has 0 unspecified atom stereocenters. The van der Waals surface area contributed by atoms with Crippen molar-refractivity contribution < 1.29 is 22.7 Å². The first-order valence-electron chi connectivity index (χ1n) is 2.47. The van der Waals surface area contributed by atoms with Crippen LogP contribution in [0.25, 0.3) is 0 Å². The van der Waals surface area contributed by atoms with Crippen molar-refractivity contribution in [2.24, 2.45) is 0 Å². The highest BCUT2D eigenvalue weighted by Gasteiger charge is 2.17. The fraction of sp³-hybridized carbons (Fsp3) is 0.500. The molecule has 0 radical (unpaired) electrons. The molecule has 64 valence electrons. The van der Waals surface area contributed by atoms with Crippen LogP contribution in [0.5, 0.6) is 0 Å². The van der Waals surface area contributed by atoms with Gasteiger partial charge in [0.25, 0.3) is 0 Å². The van der Waals surface area contributed by atoms with Crippen molar-refractivity contribution in [1.29, 1.82) is 0 Å². The second-order valence-corrected chi connectivity index (χ2v) is 3.44. The van der Waals surface area contributed by atoms with Crippen LogP contribution in [0.2, 0.25) is 0 Å². The maximum absolute atomic E-state index is 10.4. The number of amides is 1. The predicted molar refractivity (Wildman–Crippen MR) is 35.0 cm³/mol. The summed E-state index contributed by atoms with van der Waals surface area (Å²) in [6.07, 6.45) is 0.758. The van der Waals surface area contributed by atoms with Gasteiger partial charge in [-0.25, -0.2) is 17.9 Å². The van der Waals surface area contributed by atoms with Crippen molar-refractivity contribution in [2.45, 2.75) is 0 Å². The van der Waals surface area contributed by atoms with Gasteiger partial charge < -0.3 is 4.74 Å². The van der Waals surface area contributed by atoms with Crippen LogP contribution in [-0.4, -0.2) is 33.7 Å². The lowest BCUT2D eigenvalue weighted by Gasteiger charge is -1.98. The molecule has 0 aromatic rings. The number of sulfonamides is 1. The van der Waals surface area contributed by atoms with Crippen molar-refractivity contribution >= 4 is 21.9 Å². The van der Waals surface area contributed by atoms with E-state index in [-0.39, 0.29) is 0 Å². The molecule has 0 aliphatic rings. The quantitative estimate of drug-likeness (QED) is 0.382. The molecule has 6 nitrogen and oxygen atoms in total. The lowest BCUT2D eigenvalue weighted by Crippen LogP contribution is -2.35. The minimum atomic E-state index is -3.68. The fourth-order valence-corrected chi connectivity index (χ4v) is 0.723. The molecule has 0 aromatic heterocycles. The van der Waals surface area contributed by atoms with Gasteiger partial charge in [0.05, 0.1) is 13.4 Å². The molecule has 0 spiro atoms. The van der Waals surface area contributed by atoms with E-state index in [0.717, 1.165) is 13.4 Å². The smallest absolute Gasteiger partial charge is 0.397 e. The molecule has 0 saturated carbocycles. The summed E-state index contributed by atoms with van der Waals surface area (Å²) in [4.78, 5) is 20.7. The molecule has 0 rings (SSSR count). The van der Waals surface area contributed by atoms with E-state index in [2.05, 4.69) is 4.74 Å². The number of methoxy groups -OCH3 is 1. The predicted octanol–water partition coefficient (Wildman–Crippen LogP) is -1.76. The van der Waals surface area contributed by atoms with Crippen LogP contribution in [0.3, 0.4) is 0 Å². The monoisotopic (exact) mass is 181 g/mol. The van der Waals surface area contributed by atoms with Crippen LogP contribution < -0.4 is 4.72 Å². The zero-order valence-corrected chi connectivity index (χ0v) is 6.77. The number of hydrogen-bond acceptors (Lipinski definition) is 5. The van der Waals surface area contributed by atoms with E-state index in [1.807, 2.05) is 0 Å². The Labute approximate surface area is 63.6 Å². The van der Waals surface area contributed by atoms with Gasteiger partial charge in [0, 0.05) is 0 Å². The van der Waals surface area contributed by atoms with Crippen molar-refractivity contribution in [2.75, 3.05) is 13.4 Å². The minimum Gasteiger partial charge on any atom is -0.462 e. The van der Waals surface area contributed by atoms with Gasteiger partial charge in [-0.1, -0.05) is 0 Å². The molecule has 0 heterocycles. The Bertz CT molecular complexity index is 266. The van der Waals surface area contributed by atoms with E-state index in [1.54, 1.807) is 0 Å². The zero-order chi connectivity index (χ0) is 9.07. The summed E-state index contributed by atoms with van der Waals surface area (Å²) in [7, 11) is -2.70. The molecule has 11 heavy (non-hydrogen) atoms. The van der Waals surface area contributed by atoms with Crippen LogP contribution in [-0.2, 0) is 24.3 Å². The molecule has 0 bridgehead atoms. The highest BCUT2D eigenvalue weighted by atomic mass is 32.2. The third-order valence-corrected chi connectivity index (χ3v) is 1.21. The number of carbonyl (C=O) groups is 2. The van der Waals surface area contributed by atoms with Gasteiger partial charge in [-0.2, -0.15) is 0 Å². The molecule has 0 fully saturated rings. The Morgan fingerprint density at radius 1 is 1.36 bits per heavy atom. The number of esters is 1. The number of rotatable bonds is 1. The third-order valence-electron chi connectivity index (χ3n) is 0.649. The molecule has 1 N–H and O–H groups in total. The molecular weight excluding hydrogens is 174 g/mol. The summed E-state index contributed by atoms with van der Waals surface area (Å²) in [5.41, 5.74) is 0. The van der Waals surface area contributed by atoms with Gasteiger partial charge in [-0.05, 0) is 0 Å². The normalized spacial score (nSPS) is 10.4. The number of carbonyl (C=O) groups excluding carboxylic acids is 2. The summed E-state index contributed by atoms with van der Waals surface area (Å²) < 4.78 is 26.0. The Balaban J connectivity index is 4.22. The largest absolute Gasteiger partial charge is 0.462 e. The van der Waals surface area contributed by atoms with Crippen LogP contribution in [0.4, 0.5) is 0 Å².